The normalized spacial score (nSPS) is 13.9. The van der Waals surface area contributed by atoms with E-state index in [1.165, 1.54) is 6.92 Å². The standard InChI is InChI=1S/C29H50N3O13P/c1-20(2)32(21(3)4)46(42-12-9-11-30)43-19-17-39-15-14-38-16-18-41-29(37)27(31-22(5)33)28(45-25(8)36)26(44-24(7)35)10-13-40-23(6)34/h20-21,26,29,37H,9-10,12-19H2,1-8H3,(H,31,33)/b28-27+/t26-,29-,46?/m0/s1. The van der Waals surface area contributed by atoms with Crippen LogP contribution in [0.3, 0.4) is 0 Å². The fourth-order valence-electron chi connectivity index (χ4n) is 3.75. The van der Waals surface area contributed by atoms with Crippen molar-refractivity contribution < 1.29 is 61.8 Å². The Labute approximate surface area is 272 Å². The highest BCUT2D eigenvalue weighted by molar-refractivity contribution is 7.44. The van der Waals surface area contributed by atoms with E-state index >= 15 is 0 Å². The zero-order chi connectivity index (χ0) is 35.1. The lowest BCUT2D eigenvalue weighted by molar-refractivity contribution is -0.153. The molecular weight excluding hydrogens is 629 g/mol. The molecule has 46 heavy (non-hydrogen) atoms. The number of aliphatic hydroxyl groups excluding tert-OH is 1. The number of nitriles is 1. The summed E-state index contributed by atoms with van der Waals surface area (Å²) < 4.78 is 45.6. The lowest BCUT2D eigenvalue weighted by Crippen LogP contribution is -2.36. The van der Waals surface area contributed by atoms with E-state index in [1.807, 2.05) is 27.7 Å². The summed E-state index contributed by atoms with van der Waals surface area (Å²) in [6, 6.07) is 2.43. The summed E-state index contributed by atoms with van der Waals surface area (Å²) in [6.45, 7) is 13.7. The van der Waals surface area contributed by atoms with Gasteiger partial charge in [-0.2, -0.15) is 5.26 Å². The van der Waals surface area contributed by atoms with Crippen LogP contribution in [0.25, 0.3) is 0 Å². The van der Waals surface area contributed by atoms with Crippen LogP contribution < -0.4 is 5.32 Å². The summed E-state index contributed by atoms with van der Waals surface area (Å²) in [4.78, 5) is 46.7. The van der Waals surface area contributed by atoms with Gasteiger partial charge in [-0.25, -0.2) is 4.67 Å². The van der Waals surface area contributed by atoms with Gasteiger partial charge in [0.2, 0.25) is 5.91 Å². The Balaban J connectivity index is 5.02. The van der Waals surface area contributed by atoms with Crippen LogP contribution in [0.1, 0.15) is 68.2 Å². The summed E-state index contributed by atoms with van der Waals surface area (Å²) in [6.07, 6.45) is -3.00. The summed E-state index contributed by atoms with van der Waals surface area (Å²) in [5.74, 6) is -3.20. The van der Waals surface area contributed by atoms with Gasteiger partial charge in [0, 0.05) is 46.2 Å². The minimum atomic E-state index is -1.82. The molecule has 0 aliphatic rings. The largest absolute Gasteiger partial charge is 0.466 e. The van der Waals surface area contributed by atoms with Gasteiger partial charge in [0.05, 0.1) is 65.3 Å². The number of nitrogens with one attached hydrogen (secondary N) is 1. The van der Waals surface area contributed by atoms with E-state index in [0.29, 0.717) is 0 Å². The molecule has 3 atom stereocenters. The minimum absolute atomic E-state index is 0.0305. The summed E-state index contributed by atoms with van der Waals surface area (Å²) in [7, 11) is -1.36. The molecule has 0 saturated heterocycles. The number of ether oxygens (including phenoxy) is 6. The predicted octanol–water partition coefficient (Wildman–Crippen LogP) is 2.44. The fraction of sp³-hybridized carbons (Fsp3) is 0.759. The van der Waals surface area contributed by atoms with E-state index in [0.717, 1.165) is 20.8 Å². The maximum atomic E-state index is 11.9. The van der Waals surface area contributed by atoms with E-state index < -0.39 is 50.5 Å². The van der Waals surface area contributed by atoms with E-state index in [4.69, 9.17) is 42.7 Å². The third-order valence-corrected chi connectivity index (χ3v) is 7.44. The van der Waals surface area contributed by atoms with Crippen LogP contribution in [-0.4, -0.2) is 111 Å². The van der Waals surface area contributed by atoms with Gasteiger partial charge >= 0.3 is 17.9 Å². The molecule has 0 aromatic carbocycles. The Morgan fingerprint density at radius 1 is 0.804 bits per heavy atom. The van der Waals surface area contributed by atoms with Crippen LogP contribution in [0.15, 0.2) is 11.5 Å². The van der Waals surface area contributed by atoms with Crippen molar-refractivity contribution in [3.63, 3.8) is 0 Å². The number of esters is 3. The van der Waals surface area contributed by atoms with E-state index in [9.17, 15) is 24.3 Å². The Kier molecular flexibility index (Phi) is 23.9. The lowest BCUT2D eigenvalue weighted by Gasteiger charge is -2.35. The number of hydrogen-bond acceptors (Lipinski definition) is 15. The van der Waals surface area contributed by atoms with Gasteiger partial charge in [-0.05, 0) is 27.7 Å². The molecule has 17 heteroatoms. The quantitative estimate of drug-likeness (QED) is 0.0356. The van der Waals surface area contributed by atoms with Gasteiger partial charge in [0.1, 0.15) is 5.70 Å². The predicted molar refractivity (Wildman–Crippen MR) is 164 cm³/mol. The molecule has 0 aliphatic carbocycles. The molecule has 0 fully saturated rings. The lowest BCUT2D eigenvalue weighted by atomic mass is 10.1. The number of aliphatic hydroxyl groups is 1. The number of hydrogen-bond donors (Lipinski definition) is 2. The van der Waals surface area contributed by atoms with Gasteiger partial charge in [-0.15, -0.1) is 0 Å². The van der Waals surface area contributed by atoms with Crippen molar-refractivity contribution in [2.75, 3.05) is 52.9 Å². The molecule has 264 valence electrons. The Morgan fingerprint density at radius 3 is 1.87 bits per heavy atom. The van der Waals surface area contributed by atoms with Crippen LogP contribution in [-0.2, 0) is 56.6 Å². The van der Waals surface area contributed by atoms with Crippen LogP contribution >= 0.6 is 8.53 Å². The average Bonchev–Trinajstić information content (AvgIpc) is 2.94. The minimum Gasteiger partial charge on any atom is -0.466 e. The SMILES string of the molecule is CC(=O)N/C(=C(/OC(C)=O)[C@H](CCOC(C)=O)OC(C)=O)[C@@H](O)OCCOCCOCCOP(OCCC#N)N(C(C)C)C(C)C. The number of nitrogens with zero attached hydrogens (tertiary/aromatic N) is 2. The van der Waals surface area contributed by atoms with E-state index in [1.54, 1.807) is 0 Å². The van der Waals surface area contributed by atoms with Crippen LogP contribution in [0, 0.1) is 11.3 Å². The van der Waals surface area contributed by atoms with Crippen molar-refractivity contribution in [1.82, 2.24) is 9.99 Å². The van der Waals surface area contributed by atoms with E-state index in [-0.39, 0.29) is 83.5 Å². The smallest absolute Gasteiger partial charge is 0.307 e. The van der Waals surface area contributed by atoms with Crippen molar-refractivity contribution in [3.05, 3.63) is 11.5 Å². The molecule has 0 radical (unpaired) electrons. The van der Waals surface area contributed by atoms with Crippen LogP contribution in [0.2, 0.25) is 0 Å². The summed E-state index contributed by atoms with van der Waals surface area (Å²) >= 11 is 0. The van der Waals surface area contributed by atoms with Crippen LogP contribution in [0.5, 0.6) is 0 Å². The van der Waals surface area contributed by atoms with Crippen molar-refractivity contribution >= 4 is 32.3 Å². The van der Waals surface area contributed by atoms with Gasteiger partial charge in [-0.1, -0.05) is 0 Å². The van der Waals surface area contributed by atoms with Gasteiger partial charge < -0.3 is 47.9 Å². The maximum absolute atomic E-state index is 11.9. The fourth-order valence-corrected chi connectivity index (χ4v) is 5.32. The second-order valence-corrected chi connectivity index (χ2v) is 11.6. The monoisotopic (exact) mass is 679 g/mol. The van der Waals surface area contributed by atoms with Gasteiger partial charge in [0.15, 0.2) is 18.2 Å². The summed E-state index contributed by atoms with van der Waals surface area (Å²) in [5, 5.41) is 21.9. The zero-order valence-corrected chi connectivity index (χ0v) is 29.0. The second kappa shape index (κ2) is 25.4. The Bertz CT molecular complexity index is 995. The molecule has 16 nitrogen and oxygen atoms in total. The number of rotatable bonds is 25. The Hall–Kier alpha value is -2.74. The van der Waals surface area contributed by atoms with Crippen molar-refractivity contribution in [2.24, 2.45) is 0 Å². The van der Waals surface area contributed by atoms with Crippen LogP contribution in [0.4, 0.5) is 0 Å². The molecule has 0 heterocycles. The second-order valence-electron chi connectivity index (χ2n) is 10.1. The third kappa shape index (κ3) is 20.4. The molecular formula is C29H50N3O13P. The molecule has 0 aromatic rings. The van der Waals surface area contributed by atoms with Crippen molar-refractivity contribution in [2.45, 2.75) is 92.7 Å². The maximum Gasteiger partial charge on any atom is 0.307 e. The van der Waals surface area contributed by atoms with E-state index in [2.05, 4.69) is 16.1 Å². The topological polar surface area (TPSA) is 201 Å². The highest BCUT2D eigenvalue weighted by atomic mass is 31.2. The highest BCUT2D eigenvalue weighted by Gasteiger charge is 2.30. The van der Waals surface area contributed by atoms with Gasteiger partial charge in [0.25, 0.3) is 8.53 Å². The number of carbonyl (C=O) groups is 4. The first kappa shape index (κ1) is 43.3. The van der Waals surface area contributed by atoms with Crippen molar-refractivity contribution in [3.8, 4) is 6.07 Å². The molecule has 0 spiro atoms. The molecule has 2 N–H and O–H groups in total. The third-order valence-electron chi connectivity index (χ3n) is 5.33. The molecule has 1 unspecified atom stereocenters. The molecule has 0 aliphatic heterocycles. The van der Waals surface area contributed by atoms with Crippen molar-refractivity contribution in [1.29, 1.82) is 5.26 Å². The average molecular weight is 680 g/mol. The first-order valence-electron chi connectivity index (χ1n) is 14.9. The Morgan fingerprint density at radius 2 is 1.37 bits per heavy atom. The summed E-state index contributed by atoms with van der Waals surface area (Å²) in [5.41, 5.74) is -0.370. The first-order valence-corrected chi connectivity index (χ1v) is 16.0. The molecule has 0 rings (SSSR count). The number of amides is 1. The van der Waals surface area contributed by atoms with Gasteiger partial charge in [-0.3, -0.25) is 19.2 Å². The number of carbonyl (C=O) groups excluding carboxylic acids is 4. The molecule has 1 amide bonds. The first-order chi connectivity index (χ1) is 21.7. The molecule has 0 aromatic heterocycles. The zero-order valence-electron chi connectivity index (χ0n) is 28.1. The molecule has 0 bridgehead atoms. The molecule has 0 saturated carbocycles. The highest BCUT2D eigenvalue weighted by Crippen LogP contribution is 2.45.